The van der Waals surface area contributed by atoms with Crippen molar-refractivity contribution in [3.63, 3.8) is 0 Å². The fourth-order valence-corrected chi connectivity index (χ4v) is 3.68. The third-order valence-corrected chi connectivity index (χ3v) is 5.36. The summed E-state index contributed by atoms with van der Waals surface area (Å²) >= 11 is 11.4. The Morgan fingerprint density at radius 1 is 1.38 bits per heavy atom. The average molecular weight is 384 g/mol. The van der Waals surface area contributed by atoms with Crippen LogP contribution in [0.5, 0.6) is 0 Å². The zero-order chi connectivity index (χ0) is 14.8. The molecular formula is C14H12BrClN4S. The van der Waals surface area contributed by atoms with E-state index in [9.17, 15) is 0 Å². The fourth-order valence-electron chi connectivity index (χ4n) is 1.97. The first-order chi connectivity index (χ1) is 10.1. The Labute approximate surface area is 139 Å². The van der Waals surface area contributed by atoms with Crippen molar-refractivity contribution >= 4 is 44.6 Å². The summed E-state index contributed by atoms with van der Waals surface area (Å²) in [6, 6.07) is 7.80. The molecule has 0 saturated carbocycles. The lowest BCUT2D eigenvalue weighted by Crippen LogP contribution is -2.04. The van der Waals surface area contributed by atoms with Crippen LogP contribution in [0.2, 0.25) is 5.02 Å². The van der Waals surface area contributed by atoms with E-state index < -0.39 is 0 Å². The van der Waals surface area contributed by atoms with Crippen LogP contribution in [0.1, 0.15) is 9.75 Å². The second kappa shape index (κ2) is 6.17. The summed E-state index contributed by atoms with van der Waals surface area (Å²) in [4.78, 5) is 6.51. The molecule has 2 aromatic heterocycles. The summed E-state index contributed by atoms with van der Waals surface area (Å²) in [5.41, 5.74) is 1.85. The van der Waals surface area contributed by atoms with Crippen LogP contribution in [0.25, 0.3) is 5.69 Å². The van der Waals surface area contributed by atoms with Gasteiger partial charge in [0.2, 0.25) is 0 Å². The minimum atomic E-state index is 0.685. The minimum absolute atomic E-state index is 0.685. The molecule has 0 radical (unpaired) electrons. The maximum Gasteiger partial charge on any atom is 0.138 e. The van der Waals surface area contributed by atoms with Crippen molar-refractivity contribution in [2.75, 3.05) is 5.32 Å². The smallest absolute Gasteiger partial charge is 0.138 e. The topological polar surface area (TPSA) is 42.7 Å². The lowest BCUT2D eigenvalue weighted by Gasteiger charge is -2.11. The molecule has 0 fully saturated rings. The molecule has 0 aliphatic rings. The van der Waals surface area contributed by atoms with Crippen LogP contribution in [-0.2, 0) is 6.54 Å². The van der Waals surface area contributed by atoms with Gasteiger partial charge in [0.25, 0.3) is 0 Å². The molecule has 2 heterocycles. The maximum atomic E-state index is 6.10. The number of anilines is 1. The highest BCUT2D eigenvalue weighted by molar-refractivity contribution is 9.10. The first-order valence-electron chi connectivity index (χ1n) is 6.27. The molecular weight excluding hydrogens is 372 g/mol. The molecule has 0 bridgehead atoms. The zero-order valence-corrected chi connectivity index (χ0v) is 14.3. The number of aromatic nitrogens is 3. The molecule has 0 spiro atoms. The molecule has 4 nitrogen and oxygen atoms in total. The second-order valence-electron chi connectivity index (χ2n) is 4.47. The predicted octanol–water partition coefficient (Wildman–Crippen LogP) is 4.67. The van der Waals surface area contributed by atoms with Crippen LogP contribution in [0.3, 0.4) is 0 Å². The molecule has 1 aromatic carbocycles. The zero-order valence-electron chi connectivity index (χ0n) is 11.2. The van der Waals surface area contributed by atoms with Crippen molar-refractivity contribution in [3.8, 4) is 5.69 Å². The maximum absolute atomic E-state index is 6.10. The summed E-state index contributed by atoms with van der Waals surface area (Å²) in [7, 11) is 0. The van der Waals surface area contributed by atoms with E-state index in [0.717, 1.165) is 22.4 Å². The number of thiophene rings is 1. The van der Waals surface area contributed by atoms with E-state index in [4.69, 9.17) is 11.6 Å². The Balaban J connectivity index is 1.86. The highest BCUT2D eigenvalue weighted by Gasteiger charge is 2.08. The van der Waals surface area contributed by atoms with Crippen LogP contribution >= 0.6 is 38.9 Å². The first-order valence-corrected chi connectivity index (χ1v) is 8.25. The van der Waals surface area contributed by atoms with Gasteiger partial charge in [0.15, 0.2) is 0 Å². The van der Waals surface area contributed by atoms with Gasteiger partial charge in [-0.2, -0.15) is 5.10 Å². The summed E-state index contributed by atoms with van der Waals surface area (Å²) in [6.45, 7) is 2.83. The molecule has 0 aliphatic carbocycles. The normalized spacial score (nSPS) is 10.8. The molecule has 3 rings (SSSR count). The van der Waals surface area contributed by atoms with E-state index in [2.05, 4.69) is 44.3 Å². The van der Waals surface area contributed by atoms with Crippen molar-refractivity contribution in [1.29, 1.82) is 0 Å². The molecule has 0 saturated heterocycles. The number of benzene rings is 1. The van der Waals surface area contributed by atoms with Gasteiger partial charge in [-0.1, -0.05) is 11.6 Å². The third kappa shape index (κ3) is 3.28. The van der Waals surface area contributed by atoms with Gasteiger partial charge in [-0.25, -0.2) is 9.67 Å². The van der Waals surface area contributed by atoms with Crippen molar-refractivity contribution in [2.24, 2.45) is 0 Å². The Morgan fingerprint density at radius 3 is 2.90 bits per heavy atom. The van der Waals surface area contributed by atoms with Crippen molar-refractivity contribution in [3.05, 3.63) is 56.2 Å². The molecule has 0 unspecified atom stereocenters. The van der Waals surface area contributed by atoms with Gasteiger partial charge in [0.1, 0.15) is 12.7 Å². The number of hydrogen-bond donors (Lipinski definition) is 1. The van der Waals surface area contributed by atoms with E-state index in [1.54, 1.807) is 22.3 Å². The van der Waals surface area contributed by atoms with Gasteiger partial charge in [-0.3, -0.25) is 0 Å². The summed E-state index contributed by atoms with van der Waals surface area (Å²) in [5.74, 6) is 0. The Bertz CT molecular complexity index is 735. The second-order valence-corrected chi connectivity index (χ2v) is 7.10. The molecule has 0 amide bonds. The minimum Gasteiger partial charge on any atom is -0.378 e. The molecule has 108 valence electrons. The summed E-state index contributed by atoms with van der Waals surface area (Å²) < 4.78 is 2.86. The highest BCUT2D eigenvalue weighted by Crippen LogP contribution is 2.29. The van der Waals surface area contributed by atoms with Crippen LogP contribution in [0.4, 0.5) is 5.69 Å². The predicted molar refractivity (Wildman–Crippen MR) is 90.5 cm³/mol. The number of nitrogens with zero attached hydrogens (tertiary/aromatic N) is 3. The van der Waals surface area contributed by atoms with Gasteiger partial charge < -0.3 is 5.32 Å². The lowest BCUT2D eigenvalue weighted by atomic mass is 10.2. The number of hydrogen-bond acceptors (Lipinski definition) is 4. The summed E-state index contributed by atoms with van der Waals surface area (Å²) in [6.07, 6.45) is 3.18. The number of rotatable bonds is 4. The van der Waals surface area contributed by atoms with Gasteiger partial charge in [-0.15, -0.1) is 11.3 Å². The highest BCUT2D eigenvalue weighted by atomic mass is 79.9. The fraction of sp³-hybridized carbons (Fsp3) is 0.143. The number of aryl methyl sites for hydroxylation is 1. The van der Waals surface area contributed by atoms with Gasteiger partial charge in [0.05, 0.1) is 11.4 Å². The van der Waals surface area contributed by atoms with Crippen molar-refractivity contribution in [1.82, 2.24) is 14.8 Å². The Kier molecular flexibility index (Phi) is 4.28. The van der Waals surface area contributed by atoms with Crippen LogP contribution in [0, 0.1) is 6.92 Å². The average Bonchev–Trinajstić information content (AvgIpc) is 3.08. The number of halogens is 2. The van der Waals surface area contributed by atoms with E-state index in [0.29, 0.717) is 5.02 Å². The van der Waals surface area contributed by atoms with E-state index in [1.807, 2.05) is 18.2 Å². The molecule has 0 atom stereocenters. The third-order valence-electron chi connectivity index (χ3n) is 2.99. The van der Waals surface area contributed by atoms with Crippen molar-refractivity contribution < 1.29 is 0 Å². The van der Waals surface area contributed by atoms with Gasteiger partial charge >= 0.3 is 0 Å². The van der Waals surface area contributed by atoms with E-state index in [1.165, 1.54) is 16.1 Å². The van der Waals surface area contributed by atoms with E-state index in [-0.39, 0.29) is 0 Å². The van der Waals surface area contributed by atoms with Crippen LogP contribution in [-0.4, -0.2) is 14.8 Å². The largest absolute Gasteiger partial charge is 0.378 e. The first kappa shape index (κ1) is 14.6. The van der Waals surface area contributed by atoms with Gasteiger partial charge in [0, 0.05) is 25.8 Å². The number of nitrogens with one attached hydrogen (secondary N) is 1. The molecule has 3 aromatic rings. The van der Waals surface area contributed by atoms with Crippen LogP contribution in [0.15, 0.2) is 41.4 Å². The standard InChI is InChI=1S/C14H12BrClN4S/c1-9-12(15)5-11(21-9)6-18-13-4-10(16)2-3-14(13)20-8-17-7-19-20/h2-5,7-8,18H,6H2,1H3. The lowest BCUT2D eigenvalue weighted by molar-refractivity contribution is 0.878. The Morgan fingerprint density at radius 2 is 2.24 bits per heavy atom. The monoisotopic (exact) mass is 382 g/mol. The van der Waals surface area contributed by atoms with Crippen LogP contribution < -0.4 is 5.32 Å². The van der Waals surface area contributed by atoms with Gasteiger partial charge in [-0.05, 0) is 47.1 Å². The molecule has 21 heavy (non-hydrogen) atoms. The van der Waals surface area contributed by atoms with E-state index >= 15 is 0 Å². The quantitative estimate of drug-likeness (QED) is 0.712. The molecule has 0 aliphatic heterocycles. The molecule has 1 N–H and O–H groups in total. The van der Waals surface area contributed by atoms with Crippen molar-refractivity contribution in [2.45, 2.75) is 13.5 Å². The molecule has 7 heteroatoms. The summed E-state index contributed by atoms with van der Waals surface area (Å²) in [5, 5.41) is 8.27. The Hall–Kier alpha value is -1.37. The SMILES string of the molecule is Cc1sc(CNc2cc(Cl)ccc2-n2cncn2)cc1Br.